The summed E-state index contributed by atoms with van der Waals surface area (Å²) in [6, 6.07) is 17.1. The predicted octanol–water partition coefficient (Wildman–Crippen LogP) is 7.29. The van der Waals surface area contributed by atoms with Gasteiger partial charge < -0.3 is 9.88 Å². The van der Waals surface area contributed by atoms with Crippen LogP contribution < -0.4 is 5.32 Å². The van der Waals surface area contributed by atoms with Gasteiger partial charge in [0.2, 0.25) is 0 Å². The van der Waals surface area contributed by atoms with E-state index in [0.717, 1.165) is 41.9 Å². The molecule has 6 heteroatoms. The number of amides is 1. The highest BCUT2D eigenvalue weighted by atomic mass is 35.5. The van der Waals surface area contributed by atoms with E-state index in [1.54, 1.807) is 12.1 Å². The highest BCUT2D eigenvalue weighted by Crippen LogP contribution is 2.32. The monoisotopic (exact) mass is 465 g/mol. The molecular formula is C26H25Cl2N3O. The van der Waals surface area contributed by atoms with E-state index in [-0.39, 0.29) is 5.57 Å². The average molecular weight is 466 g/mol. The number of aromatic nitrogens is 1. The third-order valence-corrected chi connectivity index (χ3v) is 6.15. The Bertz CT molecular complexity index is 1200. The lowest BCUT2D eigenvalue weighted by Gasteiger charge is -2.12. The van der Waals surface area contributed by atoms with Crippen molar-refractivity contribution in [3.8, 4) is 11.8 Å². The Balaban J connectivity index is 1.86. The zero-order valence-corrected chi connectivity index (χ0v) is 19.9. The van der Waals surface area contributed by atoms with Gasteiger partial charge in [0.15, 0.2) is 0 Å². The van der Waals surface area contributed by atoms with E-state index in [1.165, 1.54) is 5.56 Å². The molecule has 32 heavy (non-hydrogen) atoms. The summed E-state index contributed by atoms with van der Waals surface area (Å²) in [7, 11) is 0. The number of carbonyl (C=O) groups is 1. The maximum atomic E-state index is 12.7. The Morgan fingerprint density at radius 2 is 1.88 bits per heavy atom. The number of carbonyl (C=O) groups excluding carboxylic acids is 1. The van der Waals surface area contributed by atoms with E-state index >= 15 is 0 Å². The van der Waals surface area contributed by atoms with Gasteiger partial charge in [-0.15, -0.1) is 0 Å². The van der Waals surface area contributed by atoms with Crippen LogP contribution in [0.15, 0.2) is 54.1 Å². The zero-order chi connectivity index (χ0) is 23.3. The smallest absolute Gasteiger partial charge is 0.266 e. The standard InChI is InChI=1S/C26H25Cl2N3O/c1-4-5-7-19-10-12-22(13-11-19)30-26(32)21(16-29)15-20-14-17(2)31(18(20)3)24-9-6-8-23(27)25(24)28/h6,8-15H,4-5,7H2,1-3H3,(H,30,32)/b21-15+. The maximum absolute atomic E-state index is 12.7. The predicted molar refractivity (Wildman–Crippen MR) is 133 cm³/mol. The SMILES string of the molecule is CCCCc1ccc(NC(=O)/C(C#N)=C/c2cc(C)n(-c3cccc(Cl)c3Cl)c2C)cc1. The van der Waals surface area contributed by atoms with Crippen molar-refractivity contribution in [1.29, 1.82) is 5.26 Å². The van der Waals surface area contributed by atoms with Crippen molar-refractivity contribution >= 4 is 40.9 Å². The number of anilines is 1. The van der Waals surface area contributed by atoms with Crippen LogP contribution in [0.4, 0.5) is 5.69 Å². The average Bonchev–Trinajstić information content (AvgIpc) is 3.06. The first-order valence-corrected chi connectivity index (χ1v) is 11.3. The minimum atomic E-state index is -0.445. The number of hydrogen-bond donors (Lipinski definition) is 1. The summed E-state index contributed by atoms with van der Waals surface area (Å²) in [5.41, 5.74) is 5.20. The molecule has 0 saturated carbocycles. The second-order valence-corrected chi connectivity index (χ2v) is 8.44. The van der Waals surface area contributed by atoms with Gasteiger partial charge in [-0.05, 0) is 74.2 Å². The fraction of sp³-hybridized carbons (Fsp3) is 0.231. The minimum absolute atomic E-state index is 0.0255. The van der Waals surface area contributed by atoms with Gasteiger partial charge in [0, 0.05) is 17.1 Å². The highest BCUT2D eigenvalue weighted by molar-refractivity contribution is 6.43. The summed E-state index contributed by atoms with van der Waals surface area (Å²) in [5, 5.41) is 13.3. The Morgan fingerprint density at radius 1 is 1.16 bits per heavy atom. The van der Waals surface area contributed by atoms with Crippen molar-refractivity contribution in [2.45, 2.75) is 40.0 Å². The van der Waals surface area contributed by atoms with Gasteiger partial charge >= 0.3 is 0 Å². The Kier molecular flexibility index (Phi) is 7.80. The largest absolute Gasteiger partial charge is 0.321 e. The van der Waals surface area contributed by atoms with Crippen molar-refractivity contribution in [2.24, 2.45) is 0 Å². The first kappa shape index (κ1) is 23.7. The van der Waals surface area contributed by atoms with Gasteiger partial charge in [0.05, 0.1) is 15.7 Å². The van der Waals surface area contributed by atoms with Crippen molar-refractivity contribution in [3.05, 3.63) is 86.7 Å². The van der Waals surface area contributed by atoms with Crippen LogP contribution in [0.1, 0.15) is 42.3 Å². The molecule has 0 unspecified atom stereocenters. The summed E-state index contributed by atoms with van der Waals surface area (Å²) in [5.74, 6) is -0.445. The molecule has 1 aromatic heterocycles. The van der Waals surface area contributed by atoms with E-state index in [4.69, 9.17) is 23.2 Å². The number of nitrogens with zero attached hydrogens (tertiary/aromatic N) is 2. The lowest BCUT2D eigenvalue weighted by atomic mass is 10.1. The summed E-state index contributed by atoms with van der Waals surface area (Å²) in [4.78, 5) is 12.7. The molecule has 0 aliphatic heterocycles. The van der Waals surface area contributed by atoms with E-state index in [2.05, 4.69) is 12.2 Å². The van der Waals surface area contributed by atoms with E-state index in [9.17, 15) is 10.1 Å². The number of nitriles is 1. The van der Waals surface area contributed by atoms with Crippen molar-refractivity contribution < 1.29 is 4.79 Å². The van der Waals surface area contributed by atoms with Gasteiger partial charge in [0.1, 0.15) is 11.6 Å². The first-order chi connectivity index (χ1) is 15.3. The quantitative estimate of drug-likeness (QED) is 0.294. The van der Waals surface area contributed by atoms with Crippen LogP contribution in [0.5, 0.6) is 0 Å². The summed E-state index contributed by atoms with van der Waals surface area (Å²) < 4.78 is 1.96. The van der Waals surface area contributed by atoms with Crippen LogP contribution in [-0.4, -0.2) is 10.5 Å². The number of unbranched alkanes of at least 4 members (excludes halogenated alkanes) is 1. The van der Waals surface area contributed by atoms with Crippen molar-refractivity contribution in [2.75, 3.05) is 5.32 Å². The number of halogens is 2. The van der Waals surface area contributed by atoms with Gasteiger partial charge in [-0.2, -0.15) is 5.26 Å². The molecule has 0 atom stereocenters. The highest BCUT2D eigenvalue weighted by Gasteiger charge is 2.16. The summed E-state index contributed by atoms with van der Waals surface area (Å²) in [6.45, 7) is 6.01. The molecule has 0 aliphatic carbocycles. The lowest BCUT2D eigenvalue weighted by molar-refractivity contribution is -0.112. The third kappa shape index (κ3) is 5.24. The molecule has 0 fully saturated rings. The third-order valence-electron chi connectivity index (χ3n) is 5.34. The van der Waals surface area contributed by atoms with Gasteiger partial charge in [-0.1, -0.05) is 54.7 Å². The molecule has 0 aliphatic rings. The van der Waals surface area contributed by atoms with Crippen molar-refractivity contribution in [3.63, 3.8) is 0 Å². The van der Waals surface area contributed by atoms with Crippen LogP contribution in [0.3, 0.4) is 0 Å². The normalized spacial score (nSPS) is 11.3. The number of nitrogens with one attached hydrogen (secondary N) is 1. The minimum Gasteiger partial charge on any atom is -0.321 e. The maximum Gasteiger partial charge on any atom is 0.266 e. The van der Waals surface area contributed by atoms with Crippen molar-refractivity contribution in [1.82, 2.24) is 4.57 Å². The summed E-state index contributed by atoms with van der Waals surface area (Å²) in [6.07, 6.45) is 4.88. The molecule has 1 heterocycles. The fourth-order valence-electron chi connectivity index (χ4n) is 3.61. The van der Waals surface area contributed by atoms with E-state index in [0.29, 0.717) is 15.7 Å². The number of aryl methyl sites for hydroxylation is 2. The second-order valence-electron chi connectivity index (χ2n) is 7.66. The van der Waals surface area contributed by atoms with Gasteiger partial charge in [-0.3, -0.25) is 4.79 Å². The molecule has 1 N–H and O–H groups in total. The number of benzene rings is 2. The lowest BCUT2D eigenvalue weighted by Crippen LogP contribution is -2.13. The van der Waals surface area contributed by atoms with Crippen LogP contribution in [0.25, 0.3) is 11.8 Å². The fourth-order valence-corrected chi connectivity index (χ4v) is 3.99. The molecular weight excluding hydrogens is 441 g/mol. The van der Waals surface area contributed by atoms with Crippen LogP contribution in [0.2, 0.25) is 10.0 Å². The zero-order valence-electron chi connectivity index (χ0n) is 18.4. The number of rotatable bonds is 7. The molecule has 1 amide bonds. The van der Waals surface area contributed by atoms with E-state index < -0.39 is 5.91 Å². The Hall–Kier alpha value is -3.00. The molecule has 0 bridgehead atoms. The molecule has 2 aromatic carbocycles. The molecule has 164 valence electrons. The molecule has 0 radical (unpaired) electrons. The van der Waals surface area contributed by atoms with Gasteiger partial charge in [0.25, 0.3) is 5.91 Å². The van der Waals surface area contributed by atoms with Crippen LogP contribution >= 0.6 is 23.2 Å². The molecule has 4 nitrogen and oxygen atoms in total. The Labute approximate surface area is 199 Å². The second kappa shape index (κ2) is 10.5. The molecule has 3 rings (SSSR count). The van der Waals surface area contributed by atoms with Gasteiger partial charge in [-0.25, -0.2) is 0 Å². The molecule has 0 spiro atoms. The molecule has 3 aromatic rings. The first-order valence-electron chi connectivity index (χ1n) is 10.5. The van der Waals surface area contributed by atoms with E-state index in [1.807, 2.05) is 66.9 Å². The Morgan fingerprint density at radius 3 is 2.53 bits per heavy atom. The summed E-state index contributed by atoms with van der Waals surface area (Å²) >= 11 is 12.6. The number of hydrogen-bond acceptors (Lipinski definition) is 2. The van der Waals surface area contributed by atoms with Crippen LogP contribution in [0, 0.1) is 25.2 Å². The molecule has 0 saturated heterocycles. The topological polar surface area (TPSA) is 57.8 Å². The van der Waals surface area contributed by atoms with Crippen LogP contribution in [-0.2, 0) is 11.2 Å².